The zero-order valence-electron chi connectivity index (χ0n) is 16.8. The van der Waals surface area contributed by atoms with Crippen LogP contribution >= 0.6 is 0 Å². The number of ether oxygens (including phenoxy) is 1. The second kappa shape index (κ2) is 10.4. The molecule has 5 nitrogen and oxygen atoms in total. The number of amides is 1. The summed E-state index contributed by atoms with van der Waals surface area (Å²) in [6.45, 7) is 5.04. The summed E-state index contributed by atoms with van der Waals surface area (Å²) in [6.07, 6.45) is 3.65. The number of hydrogen-bond acceptors (Lipinski definition) is 4. The minimum Gasteiger partial charge on any atom is -0.376 e. The maximum Gasteiger partial charge on any atom is 0.262 e. The molecule has 2 aromatic rings. The van der Waals surface area contributed by atoms with Crippen molar-refractivity contribution in [1.29, 1.82) is 5.26 Å². The number of rotatable bonds is 8. The van der Waals surface area contributed by atoms with Crippen molar-refractivity contribution in [3.05, 3.63) is 71.3 Å². The van der Waals surface area contributed by atoms with E-state index in [1.54, 1.807) is 6.08 Å². The molecule has 0 aliphatic carbocycles. The Bertz CT molecular complexity index is 863. The van der Waals surface area contributed by atoms with Gasteiger partial charge >= 0.3 is 0 Å². The fourth-order valence-electron chi connectivity index (χ4n) is 3.39. The number of anilines is 1. The number of carbonyl (C=O) groups is 1. The first kappa shape index (κ1) is 20.6. The van der Waals surface area contributed by atoms with Gasteiger partial charge in [-0.15, -0.1) is 0 Å². The second-order valence-electron chi connectivity index (χ2n) is 7.11. The lowest BCUT2D eigenvalue weighted by Gasteiger charge is -2.23. The van der Waals surface area contributed by atoms with Gasteiger partial charge < -0.3 is 15.0 Å². The third-order valence-corrected chi connectivity index (χ3v) is 5.05. The van der Waals surface area contributed by atoms with E-state index < -0.39 is 0 Å². The molecule has 1 N–H and O–H groups in total. The molecule has 1 fully saturated rings. The molecule has 0 spiro atoms. The Labute approximate surface area is 172 Å². The van der Waals surface area contributed by atoms with Gasteiger partial charge in [-0.1, -0.05) is 42.5 Å². The second-order valence-corrected chi connectivity index (χ2v) is 7.11. The summed E-state index contributed by atoms with van der Waals surface area (Å²) in [5.41, 5.74) is 3.29. The van der Waals surface area contributed by atoms with Crippen LogP contribution < -0.4 is 10.2 Å². The van der Waals surface area contributed by atoms with Crippen LogP contribution in [0, 0.1) is 11.3 Å². The number of benzene rings is 2. The van der Waals surface area contributed by atoms with E-state index in [1.807, 2.05) is 48.5 Å². The quantitative estimate of drug-likeness (QED) is 0.549. The maximum absolute atomic E-state index is 12.3. The standard InChI is InChI=1S/C24H27N3O2/c1-2-27(18-20-7-4-3-5-8-20)22-12-10-19(11-13-22)15-21(16-25)24(28)26-17-23-9-6-14-29-23/h3-5,7-8,10-13,15,23H,2,6,9,14,17-18H2,1H3,(H,26,28)/b21-15+. The number of nitriles is 1. The van der Waals surface area contributed by atoms with Gasteiger partial charge in [0.25, 0.3) is 5.91 Å². The maximum atomic E-state index is 12.3. The average Bonchev–Trinajstić information content (AvgIpc) is 3.29. The van der Waals surface area contributed by atoms with E-state index in [2.05, 4.69) is 29.3 Å². The minimum atomic E-state index is -0.355. The number of carbonyl (C=O) groups excluding carboxylic acids is 1. The Morgan fingerprint density at radius 2 is 2.00 bits per heavy atom. The molecule has 150 valence electrons. The summed E-state index contributed by atoms with van der Waals surface area (Å²) in [6, 6.07) is 20.3. The van der Waals surface area contributed by atoms with Crippen LogP contribution in [0.25, 0.3) is 6.08 Å². The lowest BCUT2D eigenvalue weighted by atomic mass is 10.1. The number of nitrogens with one attached hydrogen (secondary N) is 1. The predicted molar refractivity (Wildman–Crippen MR) is 115 cm³/mol. The monoisotopic (exact) mass is 389 g/mol. The van der Waals surface area contributed by atoms with Crippen molar-refractivity contribution in [1.82, 2.24) is 5.32 Å². The molecule has 0 aromatic heterocycles. The Kier molecular flexibility index (Phi) is 7.43. The molecule has 3 rings (SSSR count). The zero-order chi connectivity index (χ0) is 20.5. The lowest BCUT2D eigenvalue weighted by molar-refractivity contribution is -0.117. The topological polar surface area (TPSA) is 65.4 Å². The van der Waals surface area contributed by atoms with Gasteiger partial charge in [-0.2, -0.15) is 5.26 Å². The zero-order valence-corrected chi connectivity index (χ0v) is 16.8. The Hall–Kier alpha value is -3.10. The molecule has 1 saturated heterocycles. The van der Waals surface area contributed by atoms with Crippen molar-refractivity contribution in [2.24, 2.45) is 0 Å². The summed E-state index contributed by atoms with van der Waals surface area (Å²) < 4.78 is 5.50. The van der Waals surface area contributed by atoms with E-state index in [9.17, 15) is 10.1 Å². The van der Waals surface area contributed by atoms with Crippen LogP contribution in [-0.2, 0) is 16.1 Å². The van der Waals surface area contributed by atoms with Gasteiger partial charge in [-0.3, -0.25) is 4.79 Å². The molecule has 1 heterocycles. The van der Waals surface area contributed by atoms with E-state index in [0.717, 1.165) is 43.8 Å². The molecule has 0 saturated carbocycles. The van der Waals surface area contributed by atoms with Crippen LogP contribution in [0.1, 0.15) is 30.9 Å². The van der Waals surface area contributed by atoms with Crippen LogP contribution in [0.15, 0.2) is 60.2 Å². The highest BCUT2D eigenvalue weighted by atomic mass is 16.5. The SMILES string of the molecule is CCN(Cc1ccccc1)c1ccc(/C=C(\C#N)C(=O)NCC2CCCO2)cc1. The van der Waals surface area contributed by atoms with Crippen molar-refractivity contribution in [3.63, 3.8) is 0 Å². The summed E-state index contributed by atoms with van der Waals surface area (Å²) in [7, 11) is 0. The molecule has 0 radical (unpaired) electrons. The highest BCUT2D eigenvalue weighted by Gasteiger charge is 2.17. The van der Waals surface area contributed by atoms with Gasteiger partial charge in [0, 0.05) is 31.9 Å². The Balaban J connectivity index is 1.64. The molecular formula is C24H27N3O2. The normalized spacial score (nSPS) is 16.3. The van der Waals surface area contributed by atoms with Gasteiger partial charge in [0.05, 0.1) is 6.10 Å². The lowest BCUT2D eigenvalue weighted by Crippen LogP contribution is -2.32. The molecule has 2 aromatic carbocycles. The summed E-state index contributed by atoms with van der Waals surface area (Å²) in [4.78, 5) is 14.6. The van der Waals surface area contributed by atoms with Gasteiger partial charge in [0.2, 0.25) is 0 Å². The number of nitrogens with zero attached hydrogens (tertiary/aromatic N) is 2. The average molecular weight is 389 g/mol. The van der Waals surface area contributed by atoms with Gasteiger partial charge in [0.1, 0.15) is 11.6 Å². The van der Waals surface area contributed by atoms with E-state index in [-0.39, 0.29) is 17.6 Å². The van der Waals surface area contributed by atoms with Crippen molar-refractivity contribution in [2.45, 2.75) is 32.4 Å². The number of hydrogen-bond donors (Lipinski definition) is 1. The molecule has 1 amide bonds. The summed E-state index contributed by atoms with van der Waals surface area (Å²) in [5.74, 6) is -0.355. The first-order chi connectivity index (χ1) is 14.2. The van der Waals surface area contributed by atoms with E-state index >= 15 is 0 Å². The molecule has 1 aliphatic rings. The molecular weight excluding hydrogens is 362 g/mol. The van der Waals surface area contributed by atoms with Crippen molar-refractivity contribution in [2.75, 3.05) is 24.6 Å². The van der Waals surface area contributed by atoms with Crippen molar-refractivity contribution < 1.29 is 9.53 Å². The van der Waals surface area contributed by atoms with E-state index in [0.29, 0.717) is 6.54 Å². The van der Waals surface area contributed by atoms with Crippen LogP contribution in [0.4, 0.5) is 5.69 Å². The van der Waals surface area contributed by atoms with Gasteiger partial charge in [-0.25, -0.2) is 0 Å². The van der Waals surface area contributed by atoms with E-state index in [4.69, 9.17) is 4.74 Å². The van der Waals surface area contributed by atoms with Crippen LogP contribution in [0.3, 0.4) is 0 Å². The summed E-state index contributed by atoms with van der Waals surface area (Å²) >= 11 is 0. The first-order valence-electron chi connectivity index (χ1n) is 10.1. The molecule has 1 atom stereocenters. The third-order valence-electron chi connectivity index (χ3n) is 5.05. The van der Waals surface area contributed by atoms with Crippen LogP contribution in [0.5, 0.6) is 0 Å². The first-order valence-corrected chi connectivity index (χ1v) is 10.1. The predicted octanol–water partition coefficient (Wildman–Crippen LogP) is 3.92. The van der Waals surface area contributed by atoms with Gasteiger partial charge in [-0.05, 0) is 49.1 Å². The third kappa shape index (κ3) is 5.94. The molecule has 1 aliphatic heterocycles. The van der Waals surface area contributed by atoms with Crippen molar-refractivity contribution in [3.8, 4) is 6.07 Å². The van der Waals surface area contributed by atoms with Crippen molar-refractivity contribution >= 4 is 17.7 Å². The summed E-state index contributed by atoms with van der Waals surface area (Å²) in [5, 5.41) is 12.2. The fourth-order valence-corrected chi connectivity index (χ4v) is 3.39. The molecule has 1 unspecified atom stereocenters. The molecule has 5 heteroatoms. The molecule has 0 bridgehead atoms. The van der Waals surface area contributed by atoms with Crippen LogP contribution in [-0.4, -0.2) is 31.7 Å². The van der Waals surface area contributed by atoms with E-state index in [1.165, 1.54) is 5.56 Å². The smallest absolute Gasteiger partial charge is 0.262 e. The fraction of sp³-hybridized carbons (Fsp3) is 0.333. The Morgan fingerprint density at radius 1 is 1.24 bits per heavy atom. The molecule has 29 heavy (non-hydrogen) atoms. The van der Waals surface area contributed by atoms with Crippen LogP contribution in [0.2, 0.25) is 0 Å². The largest absolute Gasteiger partial charge is 0.376 e. The highest BCUT2D eigenvalue weighted by Crippen LogP contribution is 2.19. The minimum absolute atomic E-state index is 0.0582. The highest BCUT2D eigenvalue weighted by molar-refractivity contribution is 6.01. The van der Waals surface area contributed by atoms with Gasteiger partial charge in [0.15, 0.2) is 0 Å². The Morgan fingerprint density at radius 3 is 2.62 bits per heavy atom.